The van der Waals surface area contributed by atoms with Crippen molar-refractivity contribution in [3.8, 4) is 5.75 Å². The first-order valence-electron chi connectivity index (χ1n) is 9.93. The second-order valence-corrected chi connectivity index (χ2v) is 10.7. The molecule has 1 aromatic heterocycles. The van der Waals surface area contributed by atoms with Crippen LogP contribution in [0.25, 0.3) is 10.2 Å². The van der Waals surface area contributed by atoms with E-state index < -0.39 is 27.0 Å². The maximum Gasteiger partial charge on any atom is 0.326 e. The summed E-state index contributed by atoms with van der Waals surface area (Å²) in [5.41, 5.74) is 0.844. The van der Waals surface area contributed by atoms with Crippen molar-refractivity contribution in [1.82, 2.24) is 4.57 Å². The summed E-state index contributed by atoms with van der Waals surface area (Å²) in [5.74, 6) is -0.435. The zero-order chi connectivity index (χ0) is 23.5. The molecule has 0 atom stereocenters. The van der Waals surface area contributed by atoms with Crippen LogP contribution in [0.2, 0.25) is 0 Å². The van der Waals surface area contributed by atoms with Gasteiger partial charge >= 0.3 is 5.97 Å². The molecule has 0 aliphatic heterocycles. The highest BCUT2D eigenvalue weighted by Gasteiger charge is 2.20. The van der Waals surface area contributed by atoms with Crippen LogP contribution in [0.5, 0.6) is 5.75 Å². The Morgan fingerprint density at radius 1 is 1.16 bits per heavy atom. The summed E-state index contributed by atoms with van der Waals surface area (Å²) in [6, 6.07) is 11.1. The lowest BCUT2D eigenvalue weighted by Crippen LogP contribution is -2.23. The molecule has 1 heterocycles. The largest absolute Gasteiger partial charge is 0.497 e. The van der Waals surface area contributed by atoms with Crippen molar-refractivity contribution in [2.45, 2.75) is 37.5 Å². The van der Waals surface area contributed by atoms with Crippen LogP contribution in [0.1, 0.15) is 31.1 Å². The highest BCUT2D eigenvalue weighted by atomic mass is 32.2. The number of fused-ring (bicyclic) bond motifs is 1. The maximum atomic E-state index is 12.9. The van der Waals surface area contributed by atoms with Crippen LogP contribution in [0.15, 0.2) is 52.4 Å². The molecule has 8 nitrogen and oxygen atoms in total. The maximum absolute atomic E-state index is 12.9. The van der Waals surface area contributed by atoms with E-state index in [9.17, 15) is 18.0 Å². The molecule has 0 spiro atoms. The van der Waals surface area contributed by atoms with Gasteiger partial charge in [0.25, 0.3) is 5.91 Å². The minimum Gasteiger partial charge on any atom is -0.497 e. The van der Waals surface area contributed by atoms with Gasteiger partial charge in [-0.1, -0.05) is 17.4 Å². The van der Waals surface area contributed by atoms with Gasteiger partial charge in [0, 0.05) is 5.56 Å². The Morgan fingerprint density at radius 3 is 2.56 bits per heavy atom. The molecule has 170 valence electrons. The monoisotopic (exact) mass is 476 g/mol. The third-order valence-corrected chi connectivity index (χ3v) is 7.90. The van der Waals surface area contributed by atoms with Gasteiger partial charge in [0.15, 0.2) is 14.6 Å². The van der Waals surface area contributed by atoms with Crippen molar-refractivity contribution in [2.24, 2.45) is 4.99 Å². The number of ether oxygens (including phenoxy) is 2. The van der Waals surface area contributed by atoms with E-state index in [2.05, 4.69) is 4.99 Å². The summed E-state index contributed by atoms with van der Waals surface area (Å²) in [7, 11) is -1.99. The van der Waals surface area contributed by atoms with Crippen LogP contribution in [0, 0.1) is 0 Å². The number of rotatable bonds is 7. The number of amides is 1. The number of hydrogen-bond donors (Lipinski definition) is 0. The Labute approximate surface area is 190 Å². The predicted molar refractivity (Wildman–Crippen MR) is 122 cm³/mol. The van der Waals surface area contributed by atoms with Gasteiger partial charge in [0.2, 0.25) is 0 Å². The van der Waals surface area contributed by atoms with E-state index in [0.717, 1.165) is 4.70 Å². The predicted octanol–water partition coefficient (Wildman–Crippen LogP) is 3.20. The number of hydrogen-bond acceptors (Lipinski definition) is 7. The number of methoxy groups -OCH3 is 1. The molecule has 0 radical (unpaired) electrons. The van der Waals surface area contributed by atoms with E-state index in [1.807, 2.05) is 0 Å². The van der Waals surface area contributed by atoms with E-state index in [4.69, 9.17) is 9.47 Å². The average molecular weight is 477 g/mol. The van der Waals surface area contributed by atoms with Gasteiger partial charge in [-0.2, -0.15) is 4.99 Å². The first-order valence-corrected chi connectivity index (χ1v) is 12.3. The van der Waals surface area contributed by atoms with Gasteiger partial charge in [-0.25, -0.2) is 8.42 Å². The zero-order valence-corrected chi connectivity index (χ0v) is 19.8. The molecule has 0 saturated heterocycles. The molecule has 0 saturated carbocycles. The van der Waals surface area contributed by atoms with E-state index >= 15 is 0 Å². The third-order valence-electron chi connectivity index (χ3n) is 4.71. The van der Waals surface area contributed by atoms with Gasteiger partial charge in [0.1, 0.15) is 12.3 Å². The Morgan fingerprint density at radius 2 is 1.91 bits per heavy atom. The van der Waals surface area contributed by atoms with Crippen molar-refractivity contribution in [2.75, 3.05) is 13.7 Å². The van der Waals surface area contributed by atoms with Crippen molar-refractivity contribution in [3.05, 3.63) is 52.8 Å². The fourth-order valence-electron chi connectivity index (χ4n) is 2.98. The topological polar surface area (TPSA) is 104 Å². The Hall–Kier alpha value is -2.98. The molecule has 0 N–H and O–H groups in total. The summed E-state index contributed by atoms with van der Waals surface area (Å²) >= 11 is 1.22. The van der Waals surface area contributed by atoms with Crippen LogP contribution in [0.3, 0.4) is 0 Å². The summed E-state index contributed by atoms with van der Waals surface area (Å²) in [5, 5.41) is -0.617. The highest BCUT2D eigenvalue weighted by Crippen LogP contribution is 2.23. The summed E-state index contributed by atoms with van der Waals surface area (Å²) in [6.45, 7) is 4.99. The third kappa shape index (κ3) is 4.91. The van der Waals surface area contributed by atoms with Crippen molar-refractivity contribution in [3.63, 3.8) is 0 Å². The molecule has 0 aliphatic rings. The van der Waals surface area contributed by atoms with E-state index in [0.29, 0.717) is 16.1 Å². The van der Waals surface area contributed by atoms with E-state index in [1.54, 1.807) is 50.6 Å². The molecule has 0 unspecified atom stereocenters. The fourth-order valence-corrected chi connectivity index (χ4v) is 5.14. The summed E-state index contributed by atoms with van der Waals surface area (Å²) in [6.07, 6.45) is 0. The number of nitrogens with zero attached hydrogens (tertiary/aromatic N) is 2. The first-order chi connectivity index (χ1) is 15.2. The lowest BCUT2D eigenvalue weighted by Gasteiger charge is -2.08. The lowest BCUT2D eigenvalue weighted by molar-refractivity contribution is -0.143. The normalized spacial score (nSPS) is 12.3. The van der Waals surface area contributed by atoms with Crippen LogP contribution < -0.4 is 9.54 Å². The first kappa shape index (κ1) is 23.7. The molecule has 1 amide bonds. The standard InChI is InChI=1S/C22H24N2O6S2/c1-5-30-20(25)13-24-18-10-9-16(29-4)12-19(18)31-22(24)23-21(26)15-7-6-8-17(11-15)32(27,28)14(2)3/h6-12,14H,5,13H2,1-4H3. The molecule has 0 bridgehead atoms. The van der Waals surface area contributed by atoms with E-state index in [1.165, 1.54) is 35.6 Å². The van der Waals surface area contributed by atoms with Gasteiger partial charge in [-0.05, 0) is 57.2 Å². The number of thiazole rings is 1. The van der Waals surface area contributed by atoms with E-state index in [-0.39, 0.29) is 23.6 Å². The number of carbonyl (C=O) groups excluding carboxylic acids is 2. The second kappa shape index (κ2) is 9.66. The number of aromatic nitrogens is 1. The summed E-state index contributed by atoms with van der Waals surface area (Å²) in [4.78, 5) is 29.6. The smallest absolute Gasteiger partial charge is 0.326 e. The van der Waals surface area contributed by atoms with Crippen LogP contribution in [-0.2, 0) is 25.9 Å². The number of sulfone groups is 1. The van der Waals surface area contributed by atoms with Crippen LogP contribution in [-0.4, -0.2) is 43.8 Å². The molecule has 2 aromatic carbocycles. The Kier molecular flexibility index (Phi) is 7.15. The van der Waals surface area contributed by atoms with Gasteiger partial charge < -0.3 is 14.0 Å². The summed E-state index contributed by atoms with van der Waals surface area (Å²) < 4.78 is 37.6. The Bertz CT molecular complexity index is 1340. The molecule has 0 fully saturated rings. The molecule has 3 rings (SSSR count). The second-order valence-electron chi connectivity index (χ2n) is 7.15. The zero-order valence-electron chi connectivity index (χ0n) is 18.2. The minimum atomic E-state index is -3.54. The molecular weight excluding hydrogens is 452 g/mol. The number of benzene rings is 2. The molecule has 3 aromatic rings. The van der Waals surface area contributed by atoms with Gasteiger partial charge in [0.05, 0.1) is 34.1 Å². The minimum absolute atomic E-state index is 0.0639. The van der Waals surface area contributed by atoms with Crippen LogP contribution in [0.4, 0.5) is 0 Å². The SMILES string of the molecule is CCOC(=O)Cn1c(=NC(=O)c2cccc(S(=O)(=O)C(C)C)c2)sc2cc(OC)ccc21. The fraction of sp³-hybridized carbons (Fsp3) is 0.318. The average Bonchev–Trinajstić information content (AvgIpc) is 3.09. The molecular formula is C22H24N2O6S2. The highest BCUT2D eigenvalue weighted by molar-refractivity contribution is 7.92. The molecule has 32 heavy (non-hydrogen) atoms. The quantitative estimate of drug-likeness (QED) is 0.485. The van der Waals surface area contributed by atoms with Crippen molar-refractivity contribution < 1.29 is 27.5 Å². The molecule has 10 heteroatoms. The lowest BCUT2D eigenvalue weighted by atomic mass is 10.2. The van der Waals surface area contributed by atoms with Gasteiger partial charge in [-0.15, -0.1) is 0 Å². The number of esters is 1. The Balaban J connectivity index is 2.11. The van der Waals surface area contributed by atoms with Crippen molar-refractivity contribution >= 4 is 43.3 Å². The number of carbonyl (C=O) groups is 2. The molecule has 0 aliphatic carbocycles. The van der Waals surface area contributed by atoms with Crippen molar-refractivity contribution in [1.29, 1.82) is 0 Å². The van der Waals surface area contributed by atoms with Gasteiger partial charge in [-0.3, -0.25) is 9.59 Å². The van der Waals surface area contributed by atoms with Crippen LogP contribution >= 0.6 is 11.3 Å².